The van der Waals surface area contributed by atoms with Gasteiger partial charge in [0.1, 0.15) is 0 Å². The van der Waals surface area contributed by atoms with E-state index in [2.05, 4.69) is 13.8 Å². The monoisotopic (exact) mass is 211 g/mol. The summed E-state index contributed by atoms with van der Waals surface area (Å²) in [5.41, 5.74) is 0. The van der Waals surface area contributed by atoms with Gasteiger partial charge in [-0.2, -0.15) is 13.2 Å². The van der Waals surface area contributed by atoms with Gasteiger partial charge in [0, 0.05) is 19.6 Å². The fraction of sp³-hybridized carbons (Fsp3) is 1.00. The molecule has 1 aliphatic heterocycles. The number of aliphatic hydroxyl groups excluding tert-OH is 1. The van der Waals surface area contributed by atoms with Crippen molar-refractivity contribution in [3.8, 4) is 0 Å². The summed E-state index contributed by atoms with van der Waals surface area (Å²) in [4.78, 5) is 1.64. The van der Waals surface area contributed by atoms with Crippen LogP contribution in [0.4, 0.5) is 13.2 Å². The topological polar surface area (TPSA) is 23.5 Å². The summed E-state index contributed by atoms with van der Waals surface area (Å²) in [7, 11) is 0. The lowest BCUT2D eigenvalue weighted by Crippen LogP contribution is -2.53. The number of hydrogen-bond acceptors (Lipinski definition) is 2. The molecule has 1 aliphatic rings. The highest BCUT2D eigenvalue weighted by molar-refractivity contribution is 4.84. The summed E-state index contributed by atoms with van der Waals surface area (Å²) >= 11 is 0. The minimum atomic E-state index is -4.48. The molecule has 14 heavy (non-hydrogen) atoms. The van der Waals surface area contributed by atoms with E-state index in [1.54, 1.807) is 4.90 Å². The van der Waals surface area contributed by atoms with Crippen molar-refractivity contribution in [2.75, 3.05) is 19.6 Å². The average molecular weight is 211 g/mol. The standard InChI is InChI=1S/C9H16F3NO/c1-6(2)7-3-13(4-7)5-8(14)9(10,11)12/h6-8,14H,3-5H2,1-2H3. The number of hydrogen-bond donors (Lipinski definition) is 1. The molecule has 0 amide bonds. The molecule has 0 aromatic rings. The lowest BCUT2D eigenvalue weighted by atomic mass is 9.88. The van der Waals surface area contributed by atoms with Crippen molar-refractivity contribution in [1.82, 2.24) is 4.90 Å². The first kappa shape index (κ1) is 11.8. The van der Waals surface area contributed by atoms with Gasteiger partial charge in [-0.3, -0.25) is 4.90 Å². The number of halogens is 3. The second kappa shape index (κ2) is 4.06. The molecule has 0 aliphatic carbocycles. The number of nitrogens with zero attached hydrogens (tertiary/aromatic N) is 1. The maximum Gasteiger partial charge on any atom is 0.415 e. The zero-order valence-corrected chi connectivity index (χ0v) is 8.38. The van der Waals surface area contributed by atoms with Gasteiger partial charge in [0.05, 0.1) is 0 Å². The molecular formula is C9H16F3NO. The molecule has 1 atom stereocenters. The first-order chi connectivity index (χ1) is 6.30. The van der Waals surface area contributed by atoms with Crippen LogP contribution in [0, 0.1) is 11.8 Å². The highest BCUT2D eigenvalue weighted by Crippen LogP contribution is 2.26. The van der Waals surface area contributed by atoms with Crippen LogP contribution in [0.5, 0.6) is 0 Å². The minimum Gasteiger partial charge on any atom is -0.382 e. The van der Waals surface area contributed by atoms with E-state index in [4.69, 9.17) is 5.11 Å². The summed E-state index contributed by atoms with van der Waals surface area (Å²) in [6.07, 6.45) is -6.68. The van der Waals surface area contributed by atoms with Gasteiger partial charge in [-0.15, -0.1) is 0 Å². The summed E-state index contributed by atoms with van der Waals surface area (Å²) < 4.78 is 35.8. The molecule has 0 aromatic heterocycles. The van der Waals surface area contributed by atoms with E-state index < -0.39 is 12.3 Å². The molecule has 0 radical (unpaired) electrons. The molecule has 0 saturated carbocycles. The van der Waals surface area contributed by atoms with Crippen molar-refractivity contribution in [2.24, 2.45) is 11.8 Å². The highest BCUT2D eigenvalue weighted by atomic mass is 19.4. The Morgan fingerprint density at radius 1 is 1.36 bits per heavy atom. The Morgan fingerprint density at radius 3 is 2.21 bits per heavy atom. The molecule has 1 unspecified atom stereocenters. The Kier molecular flexibility index (Phi) is 3.42. The zero-order valence-electron chi connectivity index (χ0n) is 8.38. The number of alkyl halides is 3. The summed E-state index contributed by atoms with van der Waals surface area (Å²) in [5.74, 6) is 0.990. The molecule has 1 rings (SSSR count). The Bertz CT molecular complexity index is 187. The van der Waals surface area contributed by atoms with Crippen LogP contribution in [0.15, 0.2) is 0 Å². The van der Waals surface area contributed by atoms with E-state index in [0.717, 1.165) is 0 Å². The van der Waals surface area contributed by atoms with Crippen molar-refractivity contribution in [1.29, 1.82) is 0 Å². The lowest BCUT2D eigenvalue weighted by Gasteiger charge is -2.42. The molecule has 2 nitrogen and oxygen atoms in total. The third-order valence-corrected chi connectivity index (χ3v) is 2.74. The van der Waals surface area contributed by atoms with Gasteiger partial charge in [0.15, 0.2) is 6.10 Å². The maximum absolute atomic E-state index is 11.9. The zero-order chi connectivity index (χ0) is 10.9. The maximum atomic E-state index is 11.9. The third-order valence-electron chi connectivity index (χ3n) is 2.74. The number of aliphatic hydroxyl groups is 1. The highest BCUT2D eigenvalue weighted by Gasteiger charge is 2.41. The van der Waals surface area contributed by atoms with Crippen molar-refractivity contribution in [3.05, 3.63) is 0 Å². The van der Waals surface area contributed by atoms with E-state index in [1.807, 2.05) is 0 Å². The summed E-state index contributed by atoms with van der Waals surface area (Å²) in [5, 5.41) is 8.78. The Morgan fingerprint density at radius 2 is 1.86 bits per heavy atom. The van der Waals surface area contributed by atoms with Gasteiger partial charge < -0.3 is 5.11 Å². The van der Waals surface area contributed by atoms with E-state index in [-0.39, 0.29) is 6.54 Å². The van der Waals surface area contributed by atoms with Crippen LogP contribution in [-0.2, 0) is 0 Å². The van der Waals surface area contributed by atoms with Crippen LogP contribution in [0.25, 0.3) is 0 Å². The van der Waals surface area contributed by atoms with Crippen LogP contribution in [0.2, 0.25) is 0 Å². The van der Waals surface area contributed by atoms with Crippen LogP contribution in [0.1, 0.15) is 13.8 Å². The molecular weight excluding hydrogens is 195 g/mol. The average Bonchev–Trinajstić information content (AvgIpc) is 1.92. The predicted molar refractivity (Wildman–Crippen MR) is 46.8 cm³/mol. The molecule has 1 fully saturated rings. The molecule has 5 heteroatoms. The fourth-order valence-electron chi connectivity index (χ4n) is 1.53. The predicted octanol–water partition coefficient (Wildman–Crippen LogP) is 1.50. The van der Waals surface area contributed by atoms with E-state index >= 15 is 0 Å². The second-order valence-corrected chi connectivity index (χ2v) is 4.28. The molecule has 0 spiro atoms. The van der Waals surface area contributed by atoms with Gasteiger partial charge in [0.2, 0.25) is 0 Å². The smallest absolute Gasteiger partial charge is 0.382 e. The summed E-state index contributed by atoms with van der Waals surface area (Å²) in [6, 6.07) is 0. The Labute approximate surface area is 81.7 Å². The lowest BCUT2D eigenvalue weighted by molar-refractivity contribution is -0.212. The van der Waals surface area contributed by atoms with Crippen molar-refractivity contribution >= 4 is 0 Å². The molecule has 1 N–H and O–H groups in total. The Hall–Kier alpha value is -0.290. The van der Waals surface area contributed by atoms with Crippen LogP contribution < -0.4 is 0 Å². The molecule has 0 aromatic carbocycles. The quantitative estimate of drug-likeness (QED) is 0.764. The second-order valence-electron chi connectivity index (χ2n) is 4.28. The minimum absolute atomic E-state index is 0.285. The van der Waals surface area contributed by atoms with Gasteiger partial charge in [-0.05, 0) is 11.8 Å². The van der Waals surface area contributed by atoms with Gasteiger partial charge in [-0.1, -0.05) is 13.8 Å². The SMILES string of the molecule is CC(C)C1CN(CC(O)C(F)(F)F)C1. The van der Waals surface area contributed by atoms with E-state index in [9.17, 15) is 13.2 Å². The Balaban J connectivity index is 2.23. The number of rotatable bonds is 3. The van der Waals surface area contributed by atoms with Crippen LogP contribution >= 0.6 is 0 Å². The number of likely N-dealkylation sites (tertiary alicyclic amines) is 1. The normalized spacial score (nSPS) is 22.5. The number of β-amino-alcohol motifs (C(OH)–C–C–N with tert-alkyl or cyclic N) is 1. The first-order valence-corrected chi connectivity index (χ1v) is 4.78. The first-order valence-electron chi connectivity index (χ1n) is 4.78. The fourth-order valence-corrected chi connectivity index (χ4v) is 1.53. The molecule has 84 valence electrons. The largest absolute Gasteiger partial charge is 0.415 e. The van der Waals surface area contributed by atoms with E-state index in [0.29, 0.717) is 24.9 Å². The van der Waals surface area contributed by atoms with Gasteiger partial charge in [-0.25, -0.2) is 0 Å². The van der Waals surface area contributed by atoms with Crippen LogP contribution in [-0.4, -0.2) is 41.9 Å². The third kappa shape index (κ3) is 2.85. The van der Waals surface area contributed by atoms with Crippen molar-refractivity contribution in [2.45, 2.75) is 26.1 Å². The molecule has 1 heterocycles. The summed E-state index contributed by atoms with van der Waals surface area (Å²) in [6.45, 7) is 5.17. The van der Waals surface area contributed by atoms with Gasteiger partial charge in [0.25, 0.3) is 0 Å². The van der Waals surface area contributed by atoms with Gasteiger partial charge >= 0.3 is 6.18 Å². The molecule has 0 bridgehead atoms. The molecule has 1 saturated heterocycles. The van der Waals surface area contributed by atoms with Crippen molar-refractivity contribution in [3.63, 3.8) is 0 Å². The van der Waals surface area contributed by atoms with E-state index in [1.165, 1.54) is 0 Å². The van der Waals surface area contributed by atoms with Crippen LogP contribution in [0.3, 0.4) is 0 Å². The van der Waals surface area contributed by atoms with Crippen molar-refractivity contribution < 1.29 is 18.3 Å².